The molecule has 0 saturated heterocycles. The van der Waals surface area contributed by atoms with Crippen LogP contribution in [0.4, 0.5) is 0 Å². The van der Waals surface area contributed by atoms with Crippen molar-refractivity contribution in [2.45, 2.75) is 20.8 Å². The van der Waals surface area contributed by atoms with Crippen molar-refractivity contribution in [1.82, 2.24) is 4.90 Å². The average Bonchev–Trinajstić information content (AvgIpc) is 2.23. The molecule has 0 aliphatic carbocycles. The minimum absolute atomic E-state index is 0.135. The maximum absolute atomic E-state index is 12.1. The Hall–Kier alpha value is -0.580. The smallest absolute Gasteiger partial charge is 0.254 e. The highest BCUT2D eigenvalue weighted by atomic mass is 127. The first-order chi connectivity index (χ1) is 7.11. The predicted octanol–water partition coefficient (Wildman–Crippen LogP) is 3.08. The number of carbonyl (C=O) groups is 1. The second-order valence-corrected chi connectivity index (χ2v) is 4.55. The molecule has 0 heterocycles. The Kier molecular flexibility index (Phi) is 4.57. The molecule has 0 aromatic heterocycles. The Bertz CT molecular complexity index is 359. The van der Waals surface area contributed by atoms with Crippen LogP contribution in [-0.4, -0.2) is 23.9 Å². The number of rotatable bonds is 3. The van der Waals surface area contributed by atoms with Crippen molar-refractivity contribution < 1.29 is 4.79 Å². The number of hydrogen-bond donors (Lipinski definition) is 0. The molecule has 0 spiro atoms. The molecule has 1 rings (SSSR count). The van der Waals surface area contributed by atoms with Crippen LogP contribution in [0.25, 0.3) is 0 Å². The van der Waals surface area contributed by atoms with E-state index in [4.69, 9.17) is 0 Å². The molecule has 3 heteroatoms. The van der Waals surface area contributed by atoms with E-state index in [1.807, 2.05) is 43.9 Å². The lowest BCUT2D eigenvalue weighted by Crippen LogP contribution is -2.31. The number of benzene rings is 1. The third-order valence-electron chi connectivity index (χ3n) is 2.55. The zero-order valence-electron chi connectivity index (χ0n) is 9.38. The molecular weight excluding hydrogens is 301 g/mol. The van der Waals surface area contributed by atoms with Crippen LogP contribution in [0.2, 0.25) is 0 Å². The van der Waals surface area contributed by atoms with Crippen LogP contribution in [-0.2, 0) is 0 Å². The van der Waals surface area contributed by atoms with Crippen molar-refractivity contribution in [2.24, 2.45) is 0 Å². The maximum Gasteiger partial charge on any atom is 0.254 e. The van der Waals surface area contributed by atoms with E-state index in [0.717, 1.165) is 27.8 Å². The molecule has 1 aromatic carbocycles. The van der Waals surface area contributed by atoms with E-state index in [2.05, 4.69) is 22.6 Å². The molecule has 82 valence electrons. The highest BCUT2D eigenvalue weighted by Crippen LogP contribution is 2.17. The lowest BCUT2D eigenvalue weighted by Gasteiger charge is -2.20. The number of halogens is 1. The van der Waals surface area contributed by atoms with Gasteiger partial charge in [-0.3, -0.25) is 4.79 Å². The molecule has 0 N–H and O–H groups in total. The van der Waals surface area contributed by atoms with Crippen LogP contribution in [0.5, 0.6) is 0 Å². The minimum atomic E-state index is 0.135. The Balaban J connectivity index is 3.05. The van der Waals surface area contributed by atoms with E-state index >= 15 is 0 Å². The summed E-state index contributed by atoms with van der Waals surface area (Å²) in [4.78, 5) is 13.9. The van der Waals surface area contributed by atoms with Gasteiger partial charge in [-0.2, -0.15) is 0 Å². The standard InChI is InChI=1S/C12H16INO/c1-4-14(5-2)12(15)10-7-6-8-11(13)9(10)3/h6-8H,4-5H2,1-3H3. The van der Waals surface area contributed by atoms with E-state index in [1.54, 1.807) is 0 Å². The number of amides is 1. The summed E-state index contributed by atoms with van der Waals surface area (Å²) in [5.41, 5.74) is 1.90. The van der Waals surface area contributed by atoms with Gasteiger partial charge in [-0.1, -0.05) is 6.07 Å². The third-order valence-corrected chi connectivity index (χ3v) is 3.72. The first kappa shape index (κ1) is 12.5. The molecule has 0 radical (unpaired) electrons. The van der Waals surface area contributed by atoms with Crippen molar-refractivity contribution in [3.05, 3.63) is 32.9 Å². The molecule has 0 fully saturated rings. The zero-order valence-corrected chi connectivity index (χ0v) is 11.5. The summed E-state index contributed by atoms with van der Waals surface area (Å²) in [5, 5.41) is 0. The van der Waals surface area contributed by atoms with Gasteiger partial charge in [0.2, 0.25) is 0 Å². The van der Waals surface area contributed by atoms with Crippen molar-refractivity contribution in [3.8, 4) is 0 Å². The van der Waals surface area contributed by atoms with Gasteiger partial charge in [0.15, 0.2) is 0 Å². The molecule has 1 aromatic rings. The Morgan fingerprint density at radius 2 is 1.93 bits per heavy atom. The van der Waals surface area contributed by atoms with Crippen molar-refractivity contribution in [1.29, 1.82) is 0 Å². The predicted molar refractivity (Wildman–Crippen MR) is 71.1 cm³/mol. The summed E-state index contributed by atoms with van der Waals surface area (Å²) in [6.07, 6.45) is 0. The fourth-order valence-corrected chi connectivity index (χ4v) is 2.02. The van der Waals surface area contributed by atoms with E-state index in [0.29, 0.717) is 0 Å². The van der Waals surface area contributed by atoms with Gasteiger partial charge in [-0.15, -0.1) is 0 Å². The molecule has 0 aliphatic rings. The summed E-state index contributed by atoms with van der Waals surface area (Å²) in [6, 6.07) is 5.86. The Labute approximate surface area is 105 Å². The maximum atomic E-state index is 12.1. The summed E-state index contributed by atoms with van der Waals surface area (Å²) in [6.45, 7) is 7.54. The molecule has 0 saturated carbocycles. The second kappa shape index (κ2) is 5.49. The van der Waals surface area contributed by atoms with Crippen LogP contribution in [0, 0.1) is 10.5 Å². The summed E-state index contributed by atoms with van der Waals surface area (Å²) >= 11 is 2.26. The topological polar surface area (TPSA) is 20.3 Å². The van der Waals surface area contributed by atoms with Gasteiger partial charge < -0.3 is 4.90 Å². The lowest BCUT2D eigenvalue weighted by molar-refractivity contribution is 0.0772. The van der Waals surface area contributed by atoms with Gasteiger partial charge in [0.1, 0.15) is 0 Å². The monoisotopic (exact) mass is 317 g/mol. The fraction of sp³-hybridized carbons (Fsp3) is 0.417. The molecule has 2 nitrogen and oxygen atoms in total. The highest BCUT2D eigenvalue weighted by molar-refractivity contribution is 14.1. The second-order valence-electron chi connectivity index (χ2n) is 3.39. The van der Waals surface area contributed by atoms with Crippen LogP contribution in [0.3, 0.4) is 0 Å². The van der Waals surface area contributed by atoms with E-state index in [9.17, 15) is 4.79 Å². The summed E-state index contributed by atoms with van der Waals surface area (Å²) < 4.78 is 1.14. The third kappa shape index (κ3) is 2.71. The highest BCUT2D eigenvalue weighted by Gasteiger charge is 2.15. The first-order valence-electron chi connectivity index (χ1n) is 5.16. The zero-order chi connectivity index (χ0) is 11.4. The van der Waals surface area contributed by atoms with Crippen LogP contribution < -0.4 is 0 Å². The number of hydrogen-bond acceptors (Lipinski definition) is 1. The minimum Gasteiger partial charge on any atom is -0.339 e. The summed E-state index contributed by atoms with van der Waals surface area (Å²) in [5.74, 6) is 0.135. The van der Waals surface area contributed by atoms with Gasteiger partial charge >= 0.3 is 0 Å². The van der Waals surface area contributed by atoms with Crippen LogP contribution in [0.1, 0.15) is 29.8 Å². The van der Waals surface area contributed by atoms with E-state index in [-0.39, 0.29) is 5.91 Å². The quantitative estimate of drug-likeness (QED) is 0.785. The van der Waals surface area contributed by atoms with Gasteiger partial charge in [-0.25, -0.2) is 0 Å². The van der Waals surface area contributed by atoms with Crippen molar-refractivity contribution in [2.75, 3.05) is 13.1 Å². The molecule has 15 heavy (non-hydrogen) atoms. The van der Waals surface area contributed by atoms with Gasteiger partial charge in [-0.05, 0) is 61.1 Å². The van der Waals surface area contributed by atoms with Gasteiger partial charge in [0, 0.05) is 22.2 Å². The normalized spacial score (nSPS) is 10.1. The lowest BCUT2D eigenvalue weighted by atomic mass is 10.1. The molecule has 1 amide bonds. The van der Waals surface area contributed by atoms with E-state index in [1.165, 1.54) is 0 Å². The number of carbonyl (C=O) groups excluding carboxylic acids is 1. The van der Waals surface area contributed by atoms with Crippen molar-refractivity contribution in [3.63, 3.8) is 0 Å². The Morgan fingerprint density at radius 1 is 1.33 bits per heavy atom. The van der Waals surface area contributed by atoms with Gasteiger partial charge in [0.05, 0.1) is 0 Å². The molecule has 0 bridgehead atoms. The number of nitrogens with zero attached hydrogens (tertiary/aromatic N) is 1. The van der Waals surface area contributed by atoms with E-state index < -0.39 is 0 Å². The largest absolute Gasteiger partial charge is 0.339 e. The SMILES string of the molecule is CCN(CC)C(=O)c1cccc(I)c1C. The fourth-order valence-electron chi connectivity index (χ4n) is 1.52. The van der Waals surface area contributed by atoms with Crippen LogP contribution >= 0.6 is 22.6 Å². The Morgan fingerprint density at radius 3 is 2.47 bits per heavy atom. The molecule has 0 atom stereocenters. The molecule has 0 unspecified atom stereocenters. The molecular formula is C12H16INO. The first-order valence-corrected chi connectivity index (χ1v) is 6.24. The molecule has 0 aliphatic heterocycles. The average molecular weight is 317 g/mol. The summed E-state index contributed by atoms with van der Waals surface area (Å²) in [7, 11) is 0. The van der Waals surface area contributed by atoms with Crippen molar-refractivity contribution >= 4 is 28.5 Å². The van der Waals surface area contributed by atoms with Crippen LogP contribution in [0.15, 0.2) is 18.2 Å². The van der Waals surface area contributed by atoms with Gasteiger partial charge in [0.25, 0.3) is 5.91 Å².